The van der Waals surface area contributed by atoms with Crippen LogP contribution in [0.2, 0.25) is 0 Å². The molecule has 4 heteroatoms. The summed E-state index contributed by atoms with van der Waals surface area (Å²) in [6, 6.07) is 1.92. The highest BCUT2D eigenvalue weighted by Crippen LogP contribution is 2.11. The zero-order chi connectivity index (χ0) is 11.4. The molecule has 15 heavy (non-hydrogen) atoms. The van der Waals surface area contributed by atoms with Crippen LogP contribution in [0, 0.1) is 0 Å². The number of nitrogen functional groups attached to an aromatic ring is 1. The smallest absolute Gasteiger partial charge is 0.270 e. The second-order valence-corrected chi connectivity index (χ2v) is 3.90. The summed E-state index contributed by atoms with van der Waals surface area (Å²) in [5.41, 5.74) is 6.70. The average molecular weight is 209 g/mol. The van der Waals surface area contributed by atoms with E-state index in [2.05, 4.69) is 11.9 Å². The number of amides is 1. The molecule has 1 aromatic heterocycles. The van der Waals surface area contributed by atoms with Crippen LogP contribution in [0.5, 0.6) is 0 Å². The van der Waals surface area contributed by atoms with Gasteiger partial charge in [0.15, 0.2) is 0 Å². The zero-order valence-corrected chi connectivity index (χ0v) is 9.58. The van der Waals surface area contributed by atoms with Gasteiger partial charge >= 0.3 is 0 Å². The van der Waals surface area contributed by atoms with Crippen LogP contribution in [0.3, 0.4) is 0 Å². The van der Waals surface area contributed by atoms with E-state index in [4.69, 9.17) is 5.73 Å². The van der Waals surface area contributed by atoms with Crippen LogP contribution in [0.1, 0.15) is 37.2 Å². The number of aromatic amines is 1. The maximum Gasteiger partial charge on any atom is 0.270 e. The molecule has 4 nitrogen and oxygen atoms in total. The monoisotopic (exact) mass is 209 g/mol. The summed E-state index contributed by atoms with van der Waals surface area (Å²) in [7, 11) is 1.82. The third kappa shape index (κ3) is 2.75. The Balaban J connectivity index is 2.68. The SMILES string of the molecule is CCCC(C)N(C)C(=O)c1cc(N)c[nH]1. The molecule has 0 aliphatic rings. The minimum atomic E-state index is -0.00681. The van der Waals surface area contributed by atoms with E-state index in [1.54, 1.807) is 17.2 Å². The van der Waals surface area contributed by atoms with Gasteiger partial charge in [-0.2, -0.15) is 0 Å². The highest BCUT2D eigenvalue weighted by Gasteiger charge is 2.17. The lowest BCUT2D eigenvalue weighted by molar-refractivity contribution is 0.0731. The normalized spacial score (nSPS) is 12.5. The average Bonchev–Trinajstić information content (AvgIpc) is 2.63. The highest BCUT2D eigenvalue weighted by atomic mass is 16.2. The first-order chi connectivity index (χ1) is 7.06. The van der Waals surface area contributed by atoms with Crippen LogP contribution in [0.4, 0.5) is 5.69 Å². The van der Waals surface area contributed by atoms with Crippen molar-refractivity contribution in [3.63, 3.8) is 0 Å². The van der Waals surface area contributed by atoms with Crippen LogP contribution < -0.4 is 5.73 Å². The topological polar surface area (TPSA) is 62.1 Å². The van der Waals surface area contributed by atoms with Gasteiger partial charge in [0.2, 0.25) is 0 Å². The zero-order valence-electron chi connectivity index (χ0n) is 9.58. The molecule has 1 amide bonds. The molecule has 1 atom stereocenters. The first-order valence-corrected chi connectivity index (χ1v) is 5.27. The summed E-state index contributed by atoms with van der Waals surface area (Å²) in [5.74, 6) is -0.00681. The molecule has 0 saturated carbocycles. The van der Waals surface area contributed by atoms with E-state index >= 15 is 0 Å². The Bertz CT molecular complexity index is 332. The number of hydrogen-bond donors (Lipinski definition) is 2. The largest absolute Gasteiger partial charge is 0.397 e. The van der Waals surface area contributed by atoms with Crippen molar-refractivity contribution >= 4 is 11.6 Å². The quantitative estimate of drug-likeness (QED) is 0.795. The van der Waals surface area contributed by atoms with Gasteiger partial charge in [0, 0.05) is 25.0 Å². The Morgan fingerprint density at radius 3 is 2.80 bits per heavy atom. The van der Waals surface area contributed by atoms with E-state index in [9.17, 15) is 4.79 Å². The molecule has 3 N–H and O–H groups in total. The molecule has 0 fully saturated rings. The van der Waals surface area contributed by atoms with Gasteiger partial charge in [0.05, 0.1) is 0 Å². The predicted molar refractivity (Wildman–Crippen MR) is 61.7 cm³/mol. The number of aromatic nitrogens is 1. The third-order valence-electron chi connectivity index (χ3n) is 2.62. The number of nitrogens with two attached hydrogens (primary N) is 1. The molecule has 0 radical (unpaired) electrons. The van der Waals surface area contributed by atoms with E-state index in [-0.39, 0.29) is 11.9 Å². The number of rotatable bonds is 4. The highest BCUT2D eigenvalue weighted by molar-refractivity contribution is 5.93. The molecule has 1 heterocycles. The second-order valence-electron chi connectivity index (χ2n) is 3.90. The van der Waals surface area contributed by atoms with Crippen molar-refractivity contribution < 1.29 is 4.79 Å². The van der Waals surface area contributed by atoms with E-state index in [0.29, 0.717) is 11.4 Å². The van der Waals surface area contributed by atoms with Crippen molar-refractivity contribution in [2.45, 2.75) is 32.7 Å². The fourth-order valence-corrected chi connectivity index (χ4v) is 1.54. The lowest BCUT2D eigenvalue weighted by atomic mass is 10.1. The first kappa shape index (κ1) is 11.6. The van der Waals surface area contributed by atoms with Gasteiger partial charge in [-0.25, -0.2) is 0 Å². The Morgan fingerprint density at radius 2 is 2.33 bits per heavy atom. The van der Waals surface area contributed by atoms with E-state index in [1.165, 1.54) is 0 Å². The number of carbonyl (C=O) groups excluding carboxylic acids is 1. The molecule has 0 aliphatic heterocycles. The van der Waals surface area contributed by atoms with Crippen molar-refractivity contribution in [2.24, 2.45) is 0 Å². The van der Waals surface area contributed by atoms with Gasteiger partial charge < -0.3 is 15.6 Å². The number of carbonyl (C=O) groups is 1. The molecule has 1 aromatic rings. The molecular weight excluding hydrogens is 190 g/mol. The van der Waals surface area contributed by atoms with Crippen molar-refractivity contribution in [3.8, 4) is 0 Å². The van der Waals surface area contributed by atoms with Gasteiger partial charge in [-0.15, -0.1) is 0 Å². The van der Waals surface area contributed by atoms with Crippen molar-refractivity contribution in [1.29, 1.82) is 0 Å². The molecule has 84 valence electrons. The van der Waals surface area contributed by atoms with Crippen LogP contribution in [0.15, 0.2) is 12.3 Å². The van der Waals surface area contributed by atoms with Gasteiger partial charge in [-0.1, -0.05) is 13.3 Å². The van der Waals surface area contributed by atoms with Gasteiger partial charge in [0.1, 0.15) is 5.69 Å². The minimum absolute atomic E-state index is 0.00681. The van der Waals surface area contributed by atoms with Crippen molar-refractivity contribution in [3.05, 3.63) is 18.0 Å². The molecular formula is C11H19N3O. The number of H-pyrrole nitrogens is 1. The van der Waals surface area contributed by atoms with Crippen LogP contribution in [-0.4, -0.2) is 28.9 Å². The number of nitrogens with zero attached hydrogens (tertiary/aromatic N) is 1. The van der Waals surface area contributed by atoms with Crippen molar-refractivity contribution in [2.75, 3.05) is 12.8 Å². The summed E-state index contributed by atoms with van der Waals surface area (Å²) >= 11 is 0. The van der Waals surface area contributed by atoms with Crippen molar-refractivity contribution in [1.82, 2.24) is 9.88 Å². The van der Waals surface area contributed by atoms with Crippen LogP contribution in [0.25, 0.3) is 0 Å². The first-order valence-electron chi connectivity index (χ1n) is 5.27. The van der Waals surface area contributed by atoms with Crippen LogP contribution in [-0.2, 0) is 0 Å². The van der Waals surface area contributed by atoms with Crippen LogP contribution >= 0.6 is 0 Å². The minimum Gasteiger partial charge on any atom is -0.397 e. The summed E-state index contributed by atoms with van der Waals surface area (Å²) in [5, 5.41) is 0. The number of anilines is 1. The fourth-order valence-electron chi connectivity index (χ4n) is 1.54. The Labute approximate surface area is 90.5 Å². The Hall–Kier alpha value is -1.45. The summed E-state index contributed by atoms with van der Waals surface area (Å²) in [4.78, 5) is 16.5. The molecule has 1 rings (SSSR count). The van der Waals surface area contributed by atoms with Gasteiger partial charge in [-0.3, -0.25) is 4.79 Å². The molecule has 0 aliphatic carbocycles. The third-order valence-corrected chi connectivity index (χ3v) is 2.62. The number of nitrogens with one attached hydrogen (secondary N) is 1. The summed E-state index contributed by atoms with van der Waals surface area (Å²) in [6.45, 7) is 4.16. The summed E-state index contributed by atoms with van der Waals surface area (Å²) in [6.07, 6.45) is 3.72. The van der Waals surface area contributed by atoms with E-state index in [0.717, 1.165) is 12.8 Å². The molecule has 0 spiro atoms. The molecule has 0 aromatic carbocycles. The van der Waals surface area contributed by atoms with Gasteiger partial charge in [0.25, 0.3) is 5.91 Å². The Kier molecular flexibility index (Phi) is 3.77. The lowest BCUT2D eigenvalue weighted by Gasteiger charge is -2.23. The van der Waals surface area contributed by atoms with Gasteiger partial charge in [-0.05, 0) is 19.4 Å². The standard InChI is InChI=1S/C11H19N3O/c1-4-5-8(2)14(3)11(15)10-6-9(12)7-13-10/h6-8,13H,4-5,12H2,1-3H3. The molecule has 0 saturated heterocycles. The summed E-state index contributed by atoms with van der Waals surface area (Å²) < 4.78 is 0. The maximum atomic E-state index is 11.9. The molecule has 1 unspecified atom stereocenters. The number of hydrogen-bond acceptors (Lipinski definition) is 2. The fraction of sp³-hybridized carbons (Fsp3) is 0.545. The molecule has 0 bridgehead atoms. The maximum absolute atomic E-state index is 11.9. The predicted octanol–water partition coefficient (Wildman–Crippen LogP) is 1.86. The Morgan fingerprint density at radius 1 is 1.67 bits per heavy atom. The lowest BCUT2D eigenvalue weighted by Crippen LogP contribution is -2.35. The van der Waals surface area contributed by atoms with E-state index < -0.39 is 0 Å². The van der Waals surface area contributed by atoms with E-state index in [1.807, 2.05) is 14.0 Å². The second kappa shape index (κ2) is 4.87.